The lowest BCUT2D eigenvalue weighted by atomic mass is 9.76. The van der Waals surface area contributed by atoms with Crippen LogP contribution in [0.2, 0.25) is 10.0 Å². The van der Waals surface area contributed by atoms with Crippen molar-refractivity contribution in [3.63, 3.8) is 0 Å². The Kier molecular flexibility index (Phi) is 14.7. The molecule has 12 nitrogen and oxygen atoms in total. The fraction of sp³-hybridized carbons (Fsp3) is 0.523. The molecule has 6 rings (SSSR count). The Morgan fingerprint density at radius 1 is 0.724 bits per heavy atom. The highest BCUT2D eigenvalue weighted by Gasteiger charge is 2.44. The summed E-state index contributed by atoms with van der Waals surface area (Å²) in [6.45, 7) is 9.34. The van der Waals surface area contributed by atoms with Gasteiger partial charge in [-0.25, -0.2) is 4.79 Å². The molecule has 0 aliphatic carbocycles. The number of hydrogen-bond donors (Lipinski definition) is 1. The molecule has 1 N–H and O–H groups in total. The first-order valence-corrected chi connectivity index (χ1v) is 21.1. The van der Waals surface area contributed by atoms with E-state index in [1.54, 1.807) is 12.1 Å². The molecular weight excluding hydrogens is 781 g/mol. The number of likely N-dealkylation sites (tertiary alicyclic amines) is 2. The highest BCUT2D eigenvalue weighted by molar-refractivity contribution is 6.42. The zero-order valence-corrected chi connectivity index (χ0v) is 35.7. The molecule has 3 aliphatic rings. The third kappa shape index (κ3) is 9.96. The molecule has 0 spiro atoms. The molecule has 3 aromatic carbocycles. The predicted octanol–water partition coefficient (Wildman–Crippen LogP) is 6.86. The van der Waals surface area contributed by atoms with Crippen molar-refractivity contribution < 1.29 is 33.3 Å². The highest BCUT2D eigenvalue weighted by Crippen LogP contribution is 2.43. The summed E-state index contributed by atoms with van der Waals surface area (Å²) in [7, 11) is 4.62. The standard InChI is InChI=1S/C44H57Cl2N5O7/c1-5-58-39(52)12-9-19-48-24-26-50(27-25-48)42(54)47-44(33-10-7-6-8-11-33)17-21-49(22-18-44)20-15-43(34-13-14-35(45)36(46)30-34)16-23-51(31-43)41(53)32-28-37(55-2)40(57-4)38(29-32)56-3/h6-8,10-11,13-14,28-30H,5,9,12,15-27,31H2,1-4H3,(H,47,54)/t43-/m0/s1. The number of halogens is 2. The summed E-state index contributed by atoms with van der Waals surface area (Å²) < 4.78 is 21.6. The van der Waals surface area contributed by atoms with Gasteiger partial charge in [0.05, 0.1) is 43.5 Å². The highest BCUT2D eigenvalue weighted by atomic mass is 35.5. The van der Waals surface area contributed by atoms with Gasteiger partial charge >= 0.3 is 12.0 Å². The first-order chi connectivity index (χ1) is 28.0. The predicted molar refractivity (Wildman–Crippen MR) is 226 cm³/mol. The van der Waals surface area contributed by atoms with Crippen molar-refractivity contribution in [2.75, 3.05) is 93.4 Å². The van der Waals surface area contributed by atoms with E-state index in [-0.39, 0.29) is 23.3 Å². The van der Waals surface area contributed by atoms with Gasteiger partial charge in [-0.3, -0.25) is 14.5 Å². The van der Waals surface area contributed by atoms with Gasteiger partial charge in [0.2, 0.25) is 5.75 Å². The van der Waals surface area contributed by atoms with Crippen LogP contribution >= 0.6 is 23.2 Å². The molecule has 0 radical (unpaired) electrons. The average Bonchev–Trinajstić information content (AvgIpc) is 3.69. The summed E-state index contributed by atoms with van der Waals surface area (Å²) in [5.74, 6) is 1.02. The van der Waals surface area contributed by atoms with E-state index in [2.05, 4.69) is 27.2 Å². The van der Waals surface area contributed by atoms with Crippen LogP contribution < -0.4 is 19.5 Å². The van der Waals surface area contributed by atoms with Gasteiger partial charge in [-0.15, -0.1) is 0 Å². The second-order valence-corrected chi connectivity index (χ2v) is 16.3. The quantitative estimate of drug-likeness (QED) is 0.164. The summed E-state index contributed by atoms with van der Waals surface area (Å²) in [6, 6.07) is 19.5. The zero-order chi connectivity index (χ0) is 41.3. The monoisotopic (exact) mass is 837 g/mol. The summed E-state index contributed by atoms with van der Waals surface area (Å²) in [5, 5.41) is 4.49. The second-order valence-electron chi connectivity index (χ2n) is 15.5. The molecule has 314 valence electrons. The third-order valence-electron chi connectivity index (χ3n) is 12.2. The van der Waals surface area contributed by atoms with Gasteiger partial charge in [0, 0.05) is 69.8 Å². The number of piperazine rings is 1. The first kappa shape index (κ1) is 43.4. The molecule has 3 amide bonds. The fourth-order valence-corrected chi connectivity index (χ4v) is 9.05. The molecular formula is C44H57Cl2N5O7. The number of nitrogens with one attached hydrogen (secondary N) is 1. The van der Waals surface area contributed by atoms with Crippen LogP contribution in [0, 0.1) is 0 Å². The minimum atomic E-state index is -0.496. The van der Waals surface area contributed by atoms with Crippen LogP contribution in [0.5, 0.6) is 17.2 Å². The normalized spacial score (nSPS) is 19.8. The number of nitrogens with zero attached hydrogens (tertiary/aromatic N) is 4. The molecule has 3 heterocycles. The maximum Gasteiger partial charge on any atom is 0.318 e. The number of piperidine rings is 1. The molecule has 0 unspecified atom stereocenters. The maximum atomic E-state index is 14.1. The Bertz CT molecular complexity index is 1860. The molecule has 58 heavy (non-hydrogen) atoms. The van der Waals surface area contributed by atoms with Crippen molar-refractivity contribution in [1.29, 1.82) is 0 Å². The fourth-order valence-electron chi connectivity index (χ4n) is 8.75. The Hall–Kier alpha value is -4.23. The smallest absolute Gasteiger partial charge is 0.318 e. The van der Waals surface area contributed by atoms with E-state index in [1.165, 1.54) is 21.3 Å². The van der Waals surface area contributed by atoms with Crippen LogP contribution in [-0.2, 0) is 20.5 Å². The number of carbonyl (C=O) groups is 3. The van der Waals surface area contributed by atoms with Crippen LogP contribution in [0.3, 0.4) is 0 Å². The van der Waals surface area contributed by atoms with Crippen molar-refractivity contribution in [3.8, 4) is 17.2 Å². The number of urea groups is 1. The van der Waals surface area contributed by atoms with E-state index < -0.39 is 5.54 Å². The molecule has 3 fully saturated rings. The largest absolute Gasteiger partial charge is 0.493 e. The van der Waals surface area contributed by atoms with Gasteiger partial charge in [-0.1, -0.05) is 59.6 Å². The number of benzene rings is 3. The number of rotatable bonds is 15. The van der Waals surface area contributed by atoms with Gasteiger partial charge in [-0.2, -0.15) is 0 Å². The molecule has 0 bridgehead atoms. The van der Waals surface area contributed by atoms with Gasteiger partial charge in [-0.05, 0) is 87.5 Å². The number of esters is 1. The van der Waals surface area contributed by atoms with E-state index in [4.69, 9.17) is 42.1 Å². The number of hydrogen-bond acceptors (Lipinski definition) is 9. The molecule has 0 saturated carbocycles. The van der Waals surface area contributed by atoms with Gasteiger partial charge < -0.3 is 39.0 Å². The van der Waals surface area contributed by atoms with E-state index >= 15 is 0 Å². The van der Waals surface area contributed by atoms with Gasteiger partial charge in [0.15, 0.2) is 11.5 Å². The Balaban J connectivity index is 1.12. The van der Waals surface area contributed by atoms with Crippen LogP contribution in [0.25, 0.3) is 0 Å². The molecule has 3 aliphatic heterocycles. The Labute approximate surface area is 352 Å². The van der Waals surface area contributed by atoms with Crippen molar-refractivity contribution in [1.82, 2.24) is 24.9 Å². The Morgan fingerprint density at radius 2 is 1.40 bits per heavy atom. The van der Waals surface area contributed by atoms with E-state index in [9.17, 15) is 14.4 Å². The average molecular weight is 839 g/mol. The van der Waals surface area contributed by atoms with Crippen molar-refractivity contribution in [2.24, 2.45) is 0 Å². The van der Waals surface area contributed by atoms with E-state index in [1.807, 2.05) is 53.1 Å². The van der Waals surface area contributed by atoms with Gasteiger partial charge in [0.1, 0.15) is 0 Å². The molecule has 14 heteroatoms. The molecule has 3 saturated heterocycles. The van der Waals surface area contributed by atoms with E-state index in [0.29, 0.717) is 72.1 Å². The lowest BCUT2D eigenvalue weighted by molar-refractivity contribution is -0.143. The molecule has 3 aromatic rings. The van der Waals surface area contributed by atoms with E-state index in [0.717, 1.165) is 82.5 Å². The number of ether oxygens (including phenoxy) is 4. The summed E-state index contributed by atoms with van der Waals surface area (Å²) in [6.07, 6.45) is 4.26. The van der Waals surface area contributed by atoms with Crippen molar-refractivity contribution >= 4 is 41.1 Å². The maximum absolute atomic E-state index is 14.1. The van der Waals surface area contributed by atoms with Gasteiger partial charge in [0.25, 0.3) is 5.91 Å². The van der Waals surface area contributed by atoms with Crippen molar-refractivity contribution in [2.45, 2.75) is 56.4 Å². The number of carbonyl (C=O) groups excluding carboxylic acids is 3. The molecule has 0 aromatic heterocycles. The van der Waals surface area contributed by atoms with Crippen LogP contribution in [0.1, 0.15) is 66.9 Å². The SMILES string of the molecule is CCOC(=O)CCCN1CCN(C(=O)NC2(c3ccccc3)CCN(CC[C@]3(c4ccc(Cl)c(Cl)c4)CCN(C(=O)c4cc(OC)c(OC)c(OC)c4)C3)CC2)CC1. The lowest BCUT2D eigenvalue weighted by Crippen LogP contribution is -2.59. The summed E-state index contributed by atoms with van der Waals surface area (Å²) in [4.78, 5) is 48.4. The third-order valence-corrected chi connectivity index (χ3v) is 12.9. The minimum Gasteiger partial charge on any atom is -0.493 e. The minimum absolute atomic E-state index is 0.0372. The van der Waals surface area contributed by atoms with Crippen molar-refractivity contribution in [3.05, 3.63) is 87.4 Å². The second kappa shape index (κ2) is 19.7. The van der Waals surface area contributed by atoms with Crippen LogP contribution in [-0.4, -0.2) is 131 Å². The zero-order valence-electron chi connectivity index (χ0n) is 34.2. The summed E-state index contributed by atoms with van der Waals surface area (Å²) in [5.41, 5.74) is 1.79. The summed E-state index contributed by atoms with van der Waals surface area (Å²) >= 11 is 13.0. The number of amides is 3. The number of methoxy groups -OCH3 is 3. The first-order valence-electron chi connectivity index (χ1n) is 20.3. The molecule has 1 atom stereocenters. The topological polar surface area (TPSA) is 113 Å². The Morgan fingerprint density at radius 3 is 2.02 bits per heavy atom. The van der Waals surface area contributed by atoms with Crippen LogP contribution in [0.4, 0.5) is 4.79 Å². The lowest BCUT2D eigenvalue weighted by Gasteiger charge is -2.45. The van der Waals surface area contributed by atoms with Crippen LogP contribution in [0.15, 0.2) is 60.7 Å².